The van der Waals surface area contributed by atoms with E-state index in [2.05, 4.69) is 6.92 Å². The number of carboxylic acid groups (broad SMARTS) is 1. The number of aliphatic carboxylic acids is 1. The minimum atomic E-state index is -0.734. The van der Waals surface area contributed by atoms with Crippen LogP contribution in [0.4, 0.5) is 4.39 Å². The first-order chi connectivity index (χ1) is 9.49. The Morgan fingerprint density at radius 2 is 2.10 bits per heavy atom. The number of hydrogen-bond acceptors (Lipinski definition) is 2. The molecule has 0 aromatic heterocycles. The van der Waals surface area contributed by atoms with Crippen molar-refractivity contribution in [2.75, 3.05) is 7.05 Å². The molecule has 0 saturated heterocycles. The van der Waals surface area contributed by atoms with E-state index in [0.717, 1.165) is 12.8 Å². The van der Waals surface area contributed by atoms with Crippen LogP contribution in [0.3, 0.4) is 0 Å². The van der Waals surface area contributed by atoms with Crippen LogP contribution in [-0.4, -0.2) is 29.1 Å². The molecule has 4 heteroatoms. The van der Waals surface area contributed by atoms with E-state index in [9.17, 15) is 14.3 Å². The van der Waals surface area contributed by atoms with Crippen LogP contribution in [0.25, 0.3) is 0 Å². The maximum Gasteiger partial charge on any atom is 0.308 e. The largest absolute Gasteiger partial charge is 0.481 e. The average Bonchev–Trinajstić information content (AvgIpc) is 2.40. The lowest BCUT2D eigenvalue weighted by Crippen LogP contribution is -2.44. The molecule has 0 heterocycles. The van der Waals surface area contributed by atoms with Gasteiger partial charge in [0.05, 0.1) is 5.92 Å². The summed E-state index contributed by atoms with van der Waals surface area (Å²) in [6.07, 6.45) is 2.53. The highest BCUT2D eigenvalue weighted by molar-refractivity contribution is 5.71. The zero-order chi connectivity index (χ0) is 14.7. The fourth-order valence-electron chi connectivity index (χ4n) is 3.14. The van der Waals surface area contributed by atoms with Gasteiger partial charge in [0, 0.05) is 18.2 Å². The molecule has 1 aromatic rings. The molecular formula is C16H22FNO2. The van der Waals surface area contributed by atoms with Crippen LogP contribution in [0, 0.1) is 17.7 Å². The van der Waals surface area contributed by atoms with Crippen LogP contribution in [0.2, 0.25) is 0 Å². The van der Waals surface area contributed by atoms with Gasteiger partial charge >= 0.3 is 5.97 Å². The molecule has 0 bridgehead atoms. The minimum Gasteiger partial charge on any atom is -0.481 e. The van der Waals surface area contributed by atoms with Crippen LogP contribution in [-0.2, 0) is 11.3 Å². The summed E-state index contributed by atoms with van der Waals surface area (Å²) in [6.45, 7) is 2.61. The Kier molecular flexibility index (Phi) is 4.76. The molecule has 0 aliphatic heterocycles. The van der Waals surface area contributed by atoms with Crippen LogP contribution in [0.5, 0.6) is 0 Å². The lowest BCUT2D eigenvalue weighted by atomic mass is 9.78. The molecule has 2 rings (SSSR count). The summed E-state index contributed by atoms with van der Waals surface area (Å²) in [7, 11) is 1.89. The Bertz CT molecular complexity index is 477. The van der Waals surface area contributed by atoms with Crippen molar-refractivity contribution in [3.05, 3.63) is 35.6 Å². The van der Waals surface area contributed by atoms with Gasteiger partial charge in [-0.2, -0.15) is 0 Å². The Morgan fingerprint density at radius 1 is 1.40 bits per heavy atom. The highest BCUT2D eigenvalue weighted by Gasteiger charge is 2.36. The van der Waals surface area contributed by atoms with E-state index in [1.165, 1.54) is 6.07 Å². The second-order valence-electron chi connectivity index (χ2n) is 5.94. The number of carbonyl (C=O) groups is 1. The summed E-state index contributed by atoms with van der Waals surface area (Å²) < 4.78 is 13.7. The summed E-state index contributed by atoms with van der Waals surface area (Å²) in [5.41, 5.74) is 0.623. The maximum absolute atomic E-state index is 13.7. The van der Waals surface area contributed by atoms with E-state index in [0.29, 0.717) is 24.4 Å². The summed E-state index contributed by atoms with van der Waals surface area (Å²) in [6, 6.07) is 6.66. The number of nitrogens with zero attached hydrogens (tertiary/aromatic N) is 1. The van der Waals surface area contributed by atoms with E-state index < -0.39 is 5.97 Å². The second-order valence-corrected chi connectivity index (χ2v) is 5.94. The molecule has 1 N–H and O–H groups in total. The molecule has 1 aromatic carbocycles. The third-order valence-electron chi connectivity index (χ3n) is 4.34. The number of halogens is 1. The van der Waals surface area contributed by atoms with Crippen LogP contribution in [0.1, 0.15) is 31.7 Å². The molecule has 110 valence electrons. The van der Waals surface area contributed by atoms with Crippen molar-refractivity contribution in [1.82, 2.24) is 4.90 Å². The normalized spacial score (nSPS) is 26.7. The molecular weight excluding hydrogens is 257 g/mol. The lowest BCUT2D eigenvalue weighted by Gasteiger charge is -2.38. The van der Waals surface area contributed by atoms with Crippen LogP contribution < -0.4 is 0 Å². The predicted molar refractivity (Wildman–Crippen MR) is 75.8 cm³/mol. The highest BCUT2D eigenvalue weighted by atomic mass is 19.1. The van der Waals surface area contributed by atoms with E-state index in [1.54, 1.807) is 12.1 Å². The average molecular weight is 279 g/mol. The molecule has 0 amide bonds. The summed E-state index contributed by atoms with van der Waals surface area (Å²) in [4.78, 5) is 13.4. The number of hydrogen-bond donors (Lipinski definition) is 1. The number of benzene rings is 1. The van der Waals surface area contributed by atoms with Crippen molar-refractivity contribution >= 4 is 5.97 Å². The molecule has 1 saturated carbocycles. The van der Waals surface area contributed by atoms with Gasteiger partial charge in [-0.05, 0) is 38.3 Å². The van der Waals surface area contributed by atoms with E-state index in [-0.39, 0.29) is 17.8 Å². The topological polar surface area (TPSA) is 40.5 Å². The van der Waals surface area contributed by atoms with E-state index in [1.807, 2.05) is 18.0 Å². The van der Waals surface area contributed by atoms with Crippen molar-refractivity contribution in [2.24, 2.45) is 11.8 Å². The second kappa shape index (κ2) is 6.35. The van der Waals surface area contributed by atoms with E-state index >= 15 is 0 Å². The highest BCUT2D eigenvalue weighted by Crippen LogP contribution is 2.32. The Hall–Kier alpha value is -1.42. The van der Waals surface area contributed by atoms with Gasteiger partial charge in [0.25, 0.3) is 0 Å². The van der Waals surface area contributed by atoms with Crippen molar-refractivity contribution < 1.29 is 14.3 Å². The van der Waals surface area contributed by atoms with Crippen LogP contribution >= 0.6 is 0 Å². The third-order valence-corrected chi connectivity index (χ3v) is 4.34. The molecule has 20 heavy (non-hydrogen) atoms. The smallest absolute Gasteiger partial charge is 0.308 e. The Labute approximate surface area is 119 Å². The van der Waals surface area contributed by atoms with Gasteiger partial charge in [-0.25, -0.2) is 4.39 Å². The predicted octanol–water partition coefficient (Wildman–Crippen LogP) is 3.15. The first-order valence-corrected chi connectivity index (χ1v) is 7.15. The zero-order valence-electron chi connectivity index (χ0n) is 12.1. The van der Waals surface area contributed by atoms with Crippen molar-refractivity contribution in [1.29, 1.82) is 0 Å². The van der Waals surface area contributed by atoms with Gasteiger partial charge in [0.2, 0.25) is 0 Å². The molecule has 3 unspecified atom stereocenters. The molecule has 0 spiro atoms. The van der Waals surface area contributed by atoms with Crippen molar-refractivity contribution in [2.45, 2.75) is 38.8 Å². The molecule has 3 atom stereocenters. The monoisotopic (exact) mass is 279 g/mol. The summed E-state index contributed by atoms with van der Waals surface area (Å²) in [5, 5.41) is 9.36. The van der Waals surface area contributed by atoms with Gasteiger partial charge in [0.15, 0.2) is 0 Å². The Balaban J connectivity index is 2.11. The van der Waals surface area contributed by atoms with Crippen LogP contribution in [0.15, 0.2) is 24.3 Å². The van der Waals surface area contributed by atoms with Gasteiger partial charge in [-0.3, -0.25) is 9.69 Å². The molecule has 0 radical (unpaired) electrons. The fraction of sp³-hybridized carbons (Fsp3) is 0.562. The van der Waals surface area contributed by atoms with Crippen molar-refractivity contribution in [3.63, 3.8) is 0 Å². The molecule has 1 fully saturated rings. The summed E-state index contributed by atoms with van der Waals surface area (Å²) in [5.74, 6) is -0.779. The minimum absolute atomic E-state index is 0.0177. The quantitative estimate of drug-likeness (QED) is 0.920. The third kappa shape index (κ3) is 3.37. The van der Waals surface area contributed by atoms with Crippen molar-refractivity contribution in [3.8, 4) is 0 Å². The fourth-order valence-corrected chi connectivity index (χ4v) is 3.14. The first kappa shape index (κ1) is 15.0. The molecule has 1 aliphatic carbocycles. The number of carboxylic acids is 1. The Morgan fingerprint density at radius 3 is 2.75 bits per heavy atom. The lowest BCUT2D eigenvalue weighted by molar-refractivity contribution is -0.146. The maximum atomic E-state index is 13.7. The van der Waals surface area contributed by atoms with Gasteiger partial charge in [-0.15, -0.1) is 0 Å². The van der Waals surface area contributed by atoms with Gasteiger partial charge in [0.1, 0.15) is 5.82 Å². The summed E-state index contributed by atoms with van der Waals surface area (Å²) >= 11 is 0. The standard InChI is InChI=1S/C16H22FNO2/c1-11-7-8-13(16(19)20)15(9-11)18(2)10-12-5-3-4-6-14(12)17/h3-6,11,13,15H,7-10H2,1-2H3,(H,19,20). The zero-order valence-corrected chi connectivity index (χ0v) is 12.1. The number of rotatable bonds is 4. The van der Waals surface area contributed by atoms with E-state index in [4.69, 9.17) is 0 Å². The molecule has 3 nitrogen and oxygen atoms in total. The SMILES string of the molecule is CC1CCC(C(=O)O)C(N(C)Cc2ccccc2F)C1. The molecule has 1 aliphatic rings. The first-order valence-electron chi connectivity index (χ1n) is 7.15. The van der Waals surface area contributed by atoms with Gasteiger partial charge < -0.3 is 5.11 Å². The van der Waals surface area contributed by atoms with Gasteiger partial charge in [-0.1, -0.05) is 25.1 Å².